The molecule has 1 atom stereocenters. The molecule has 182 valence electrons. The van der Waals surface area contributed by atoms with Crippen LogP contribution in [0.2, 0.25) is 5.02 Å². The minimum absolute atomic E-state index is 0.0539. The molecule has 8 nitrogen and oxygen atoms in total. The number of carbonyl (C=O) groups is 2. The Balaban J connectivity index is 1.53. The molecule has 0 bridgehead atoms. The van der Waals surface area contributed by atoms with Gasteiger partial charge in [0.25, 0.3) is 5.91 Å². The van der Waals surface area contributed by atoms with E-state index in [1.54, 1.807) is 47.4 Å². The number of methoxy groups -OCH3 is 1. The zero-order valence-corrected chi connectivity index (χ0v) is 20.0. The molecule has 0 unspecified atom stereocenters. The van der Waals surface area contributed by atoms with Crippen LogP contribution in [-0.2, 0) is 9.47 Å². The average molecular weight is 497 g/mol. The predicted octanol–water partition coefficient (Wildman–Crippen LogP) is 3.50. The van der Waals surface area contributed by atoms with Crippen LogP contribution in [0, 0.1) is 0 Å². The molecule has 0 N–H and O–H groups in total. The zero-order valence-electron chi connectivity index (χ0n) is 19.3. The average Bonchev–Trinajstić information content (AvgIpc) is 3.16. The summed E-state index contributed by atoms with van der Waals surface area (Å²) >= 11 is 6.14. The van der Waals surface area contributed by atoms with Gasteiger partial charge in [-0.05, 0) is 42.3 Å². The molecule has 0 radical (unpaired) electrons. The largest absolute Gasteiger partial charge is 0.465 e. The quantitative estimate of drug-likeness (QED) is 0.482. The number of fused-ring (bicyclic) bond motifs is 2. The van der Waals surface area contributed by atoms with Gasteiger partial charge in [-0.25, -0.2) is 4.79 Å². The molecule has 3 heterocycles. The van der Waals surface area contributed by atoms with Gasteiger partial charge in [-0.1, -0.05) is 23.7 Å². The van der Waals surface area contributed by atoms with E-state index in [4.69, 9.17) is 25.5 Å². The Labute approximate surface area is 207 Å². The van der Waals surface area contributed by atoms with Crippen LogP contribution < -0.4 is 5.43 Å². The third-order valence-electron chi connectivity index (χ3n) is 6.55. The van der Waals surface area contributed by atoms with Crippen molar-refractivity contribution < 1.29 is 23.5 Å². The number of amides is 1. The summed E-state index contributed by atoms with van der Waals surface area (Å²) in [5, 5.41) is 0.741. The van der Waals surface area contributed by atoms with Gasteiger partial charge in [-0.2, -0.15) is 0 Å². The monoisotopic (exact) mass is 496 g/mol. The second-order valence-electron chi connectivity index (χ2n) is 8.64. The van der Waals surface area contributed by atoms with Crippen molar-refractivity contribution in [1.29, 1.82) is 0 Å². The summed E-state index contributed by atoms with van der Waals surface area (Å²) in [6.45, 7) is 4.39. The number of morpholine rings is 1. The van der Waals surface area contributed by atoms with Crippen LogP contribution in [0.1, 0.15) is 44.5 Å². The second-order valence-corrected chi connectivity index (χ2v) is 9.07. The fourth-order valence-corrected chi connectivity index (χ4v) is 4.95. The number of ether oxygens (including phenoxy) is 2. The minimum Gasteiger partial charge on any atom is -0.465 e. The highest BCUT2D eigenvalue weighted by molar-refractivity contribution is 6.31. The van der Waals surface area contributed by atoms with Crippen molar-refractivity contribution >= 4 is 34.4 Å². The first kappa shape index (κ1) is 23.5. The van der Waals surface area contributed by atoms with Crippen LogP contribution in [0.3, 0.4) is 0 Å². The molecule has 2 aliphatic rings. The fourth-order valence-electron chi connectivity index (χ4n) is 4.78. The Morgan fingerprint density at radius 1 is 1.09 bits per heavy atom. The van der Waals surface area contributed by atoms with E-state index in [2.05, 4.69) is 4.90 Å². The van der Waals surface area contributed by atoms with Crippen molar-refractivity contribution in [2.45, 2.75) is 12.5 Å². The van der Waals surface area contributed by atoms with Crippen LogP contribution >= 0.6 is 11.6 Å². The number of carbonyl (C=O) groups excluding carboxylic acids is 2. The molecule has 9 heteroatoms. The van der Waals surface area contributed by atoms with E-state index in [1.165, 1.54) is 7.11 Å². The third-order valence-corrected chi connectivity index (χ3v) is 6.79. The van der Waals surface area contributed by atoms with Crippen molar-refractivity contribution in [2.24, 2.45) is 0 Å². The molecule has 3 aromatic rings. The summed E-state index contributed by atoms with van der Waals surface area (Å²) in [7, 11) is 1.32. The lowest BCUT2D eigenvalue weighted by molar-refractivity contribution is 0.0353. The maximum Gasteiger partial charge on any atom is 0.337 e. The molecule has 1 amide bonds. The number of rotatable bonds is 6. The fraction of sp³-hybridized carbons (Fsp3) is 0.346. The zero-order chi connectivity index (χ0) is 24.5. The molecule has 0 saturated carbocycles. The van der Waals surface area contributed by atoms with Crippen molar-refractivity contribution in [1.82, 2.24) is 9.80 Å². The van der Waals surface area contributed by atoms with Gasteiger partial charge in [-0.3, -0.25) is 14.5 Å². The number of nitrogens with zero attached hydrogens (tertiary/aromatic N) is 2. The Hall–Kier alpha value is -3.20. The highest BCUT2D eigenvalue weighted by Gasteiger charge is 2.42. The van der Waals surface area contributed by atoms with Crippen molar-refractivity contribution in [2.75, 3.05) is 46.5 Å². The van der Waals surface area contributed by atoms with E-state index in [-0.39, 0.29) is 17.1 Å². The Bertz CT molecular complexity index is 1330. The first-order valence-electron chi connectivity index (χ1n) is 11.5. The van der Waals surface area contributed by atoms with E-state index in [0.29, 0.717) is 52.4 Å². The number of esters is 1. The van der Waals surface area contributed by atoms with Crippen molar-refractivity contribution in [3.8, 4) is 0 Å². The Kier molecular flexibility index (Phi) is 6.60. The van der Waals surface area contributed by atoms with Crippen LogP contribution in [0.5, 0.6) is 0 Å². The molecule has 35 heavy (non-hydrogen) atoms. The highest BCUT2D eigenvalue weighted by Crippen LogP contribution is 2.38. The Morgan fingerprint density at radius 2 is 1.83 bits per heavy atom. The van der Waals surface area contributed by atoms with Gasteiger partial charge in [0.15, 0.2) is 5.43 Å². The molecular formula is C26H25ClN2O6. The molecule has 2 aromatic carbocycles. The normalized spacial score (nSPS) is 18.2. The lowest BCUT2D eigenvalue weighted by atomic mass is 9.97. The lowest BCUT2D eigenvalue weighted by Crippen LogP contribution is -2.38. The summed E-state index contributed by atoms with van der Waals surface area (Å²) < 4.78 is 16.2. The van der Waals surface area contributed by atoms with Gasteiger partial charge in [0.2, 0.25) is 5.76 Å². The number of hydrogen-bond donors (Lipinski definition) is 0. The molecule has 1 saturated heterocycles. The molecule has 1 aromatic heterocycles. The summed E-state index contributed by atoms with van der Waals surface area (Å²) in [5.41, 5.74) is 1.43. The van der Waals surface area contributed by atoms with Gasteiger partial charge in [0.05, 0.1) is 42.9 Å². The van der Waals surface area contributed by atoms with Crippen LogP contribution in [0.4, 0.5) is 0 Å². The predicted molar refractivity (Wildman–Crippen MR) is 130 cm³/mol. The molecule has 2 aliphatic heterocycles. The van der Waals surface area contributed by atoms with E-state index in [1.807, 2.05) is 0 Å². The molecular weight excluding hydrogens is 472 g/mol. The molecule has 0 spiro atoms. The van der Waals surface area contributed by atoms with E-state index in [0.717, 1.165) is 26.1 Å². The van der Waals surface area contributed by atoms with E-state index in [9.17, 15) is 14.4 Å². The Morgan fingerprint density at radius 3 is 2.54 bits per heavy atom. The van der Waals surface area contributed by atoms with Gasteiger partial charge in [0.1, 0.15) is 5.58 Å². The second kappa shape index (κ2) is 9.81. The molecule has 1 fully saturated rings. The SMILES string of the molecule is COC(=O)c1ccc([C@@H]2c3c(oc4ccc(Cl)cc4c3=O)C(=O)N2CCCN2CCOCC2)cc1. The van der Waals surface area contributed by atoms with Crippen molar-refractivity contribution in [3.05, 3.63) is 80.2 Å². The smallest absolute Gasteiger partial charge is 0.337 e. The summed E-state index contributed by atoms with van der Waals surface area (Å²) in [5.74, 6) is -0.724. The van der Waals surface area contributed by atoms with Gasteiger partial charge in [-0.15, -0.1) is 0 Å². The summed E-state index contributed by atoms with van der Waals surface area (Å²) in [6.07, 6.45) is 0.732. The topological polar surface area (TPSA) is 89.3 Å². The molecule has 5 rings (SSSR count). The maximum absolute atomic E-state index is 13.6. The minimum atomic E-state index is -0.631. The number of halogens is 1. The van der Waals surface area contributed by atoms with Crippen LogP contribution in [-0.4, -0.2) is 68.2 Å². The lowest BCUT2D eigenvalue weighted by Gasteiger charge is -2.29. The number of benzene rings is 2. The standard InChI is InChI=1S/C26H25ClN2O6/c1-33-26(32)17-5-3-16(4-6-17)22-21-23(30)19-15-18(27)7-8-20(19)35-24(21)25(31)29(22)10-2-9-28-11-13-34-14-12-28/h3-8,15,22H,2,9-14H2,1H3/t22-/m1/s1. The van der Waals surface area contributed by atoms with Crippen LogP contribution in [0.25, 0.3) is 11.0 Å². The van der Waals surface area contributed by atoms with Crippen LogP contribution in [0.15, 0.2) is 51.7 Å². The molecule has 0 aliphatic carbocycles. The van der Waals surface area contributed by atoms with Crippen molar-refractivity contribution in [3.63, 3.8) is 0 Å². The van der Waals surface area contributed by atoms with Gasteiger partial charge < -0.3 is 18.8 Å². The number of hydrogen-bond acceptors (Lipinski definition) is 7. The first-order valence-corrected chi connectivity index (χ1v) is 11.9. The van der Waals surface area contributed by atoms with E-state index >= 15 is 0 Å². The highest BCUT2D eigenvalue weighted by atomic mass is 35.5. The van der Waals surface area contributed by atoms with E-state index < -0.39 is 12.0 Å². The summed E-state index contributed by atoms with van der Waals surface area (Å²) in [4.78, 5) is 43.0. The third kappa shape index (κ3) is 4.45. The van der Waals surface area contributed by atoms with Gasteiger partial charge >= 0.3 is 5.97 Å². The van der Waals surface area contributed by atoms with Gasteiger partial charge in [0, 0.05) is 31.2 Å². The maximum atomic E-state index is 13.6. The summed E-state index contributed by atoms with van der Waals surface area (Å²) in [6, 6.07) is 10.9. The first-order chi connectivity index (χ1) is 17.0.